The van der Waals surface area contributed by atoms with Gasteiger partial charge in [0, 0.05) is 47.1 Å². The molecule has 0 aliphatic carbocycles. The van der Waals surface area contributed by atoms with Gasteiger partial charge in [0.1, 0.15) is 19.0 Å². The Morgan fingerprint density at radius 3 is 1.45 bits per heavy atom. The van der Waals surface area contributed by atoms with Crippen LogP contribution in [0.3, 0.4) is 0 Å². The minimum Gasteiger partial charge on any atom is -0.462 e. The number of rotatable bonds is 11. The molecule has 0 heterocycles. The summed E-state index contributed by atoms with van der Waals surface area (Å²) in [5.41, 5.74) is 9.33. The first-order valence-electron chi connectivity index (χ1n) is 16.0. The normalized spacial score (nSPS) is 10.6. The number of para-hydroxylation sites is 2. The van der Waals surface area contributed by atoms with Gasteiger partial charge in [-0.25, -0.2) is 4.79 Å². The number of hydrogen-bond donors (Lipinski definition) is 0. The highest BCUT2D eigenvalue weighted by Gasteiger charge is 2.16. The molecule has 0 bridgehead atoms. The van der Waals surface area contributed by atoms with Gasteiger partial charge in [-0.15, -0.1) is 0 Å². The van der Waals surface area contributed by atoms with Crippen LogP contribution >= 0.6 is 0 Å². The van der Waals surface area contributed by atoms with Gasteiger partial charge < -0.3 is 24.0 Å². The predicted molar refractivity (Wildman–Crippen MR) is 195 cm³/mol. The molecule has 0 spiro atoms. The molecule has 0 saturated heterocycles. The second-order valence-electron chi connectivity index (χ2n) is 11.3. The van der Waals surface area contributed by atoms with Gasteiger partial charge in [-0.1, -0.05) is 78.9 Å². The first-order chi connectivity index (χ1) is 23.9. The van der Waals surface area contributed by atoms with E-state index in [1.807, 2.05) is 48.5 Å². The molecule has 6 aromatic rings. The van der Waals surface area contributed by atoms with Gasteiger partial charge in [-0.05, 0) is 96.4 Å². The fraction of sp³-hybridized carbons (Fsp3) is 0.0952. The van der Waals surface area contributed by atoms with Gasteiger partial charge >= 0.3 is 12.1 Å². The lowest BCUT2D eigenvalue weighted by Gasteiger charge is -2.26. The number of esters is 1. The fourth-order valence-corrected chi connectivity index (χ4v) is 5.54. The van der Waals surface area contributed by atoms with Crippen LogP contribution in [-0.4, -0.2) is 25.3 Å². The molecule has 0 atom stereocenters. The Balaban J connectivity index is 1.24. The number of aryl methyl sites for hydroxylation is 1. The Hall–Kier alpha value is -6.34. The molecule has 0 saturated carbocycles. The molecule has 0 fully saturated rings. The van der Waals surface area contributed by atoms with Crippen molar-refractivity contribution in [2.45, 2.75) is 13.8 Å². The highest BCUT2D eigenvalue weighted by Crippen LogP contribution is 2.38. The molecular formula is C42H36N2O5. The quantitative estimate of drug-likeness (QED) is 0.0786. The van der Waals surface area contributed by atoms with E-state index in [1.54, 1.807) is 12.1 Å². The number of hydrogen-bond acceptors (Lipinski definition) is 7. The maximum absolute atomic E-state index is 12.3. The third-order valence-corrected chi connectivity index (χ3v) is 7.76. The second kappa shape index (κ2) is 15.5. The van der Waals surface area contributed by atoms with E-state index in [-0.39, 0.29) is 13.2 Å². The van der Waals surface area contributed by atoms with E-state index in [1.165, 1.54) is 12.5 Å². The Labute approximate surface area is 286 Å². The topological polar surface area (TPSA) is 68.3 Å². The van der Waals surface area contributed by atoms with E-state index in [0.717, 1.165) is 45.3 Å². The van der Waals surface area contributed by atoms with Gasteiger partial charge in [0.15, 0.2) is 0 Å². The van der Waals surface area contributed by atoms with Crippen molar-refractivity contribution in [2.24, 2.45) is 0 Å². The van der Waals surface area contributed by atoms with Crippen molar-refractivity contribution in [3.63, 3.8) is 0 Å². The average molecular weight is 649 g/mol. The smallest absolute Gasteiger partial charge is 0.462 e. The zero-order valence-corrected chi connectivity index (χ0v) is 27.4. The molecule has 49 heavy (non-hydrogen) atoms. The summed E-state index contributed by atoms with van der Waals surface area (Å²) in [6, 6.07) is 53.1. The Kier molecular flexibility index (Phi) is 10.3. The molecule has 6 aromatic carbocycles. The predicted octanol–water partition coefficient (Wildman–Crippen LogP) is 10.7. The lowest BCUT2D eigenvalue weighted by molar-refractivity contribution is -0.142. The van der Waals surface area contributed by atoms with Crippen LogP contribution in [0, 0.1) is 6.92 Å². The molecule has 0 aliphatic heterocycles. The molecule has 0 unspecified atom stereocenters. The largest absolute Gasteiger partial charge is 0.513 e. The van der Waals surface area contributed by atoms with Crippen LogP contribution in [0.1, 0.15) is 12.5 Å². The molecule has 0 amide bonds. The van der Waals surface area contributed by atoms with Crippen LogP contribution in [-0.2, 0) is 14.3 Å². The number of anilines is 6. The van der Waals surface area contributed by atoms with E-state index in [0.29, 0.717) is 5.75 Å². The van der Waals surface area contributed by atoms with Crippen molar-refractivity contribution >= 4 is 46.2 Å². The zero-order chi connectivity index (χ0) is 34.0. The molecule has 7 nitrogen and oxygen atoms in total. The third kappa shape index (κ3) is 8.34. The average Bonchev–Trinajstić information content (AvgIpc) is 3.12. The fourth-order valence-electron chi connectivity index (χ4n) is 5.54. The van der Waals surface area contributed by atoms with Crippen LogP contribution in [0.15, 0.2) is 158 Å². The Morgan fingerprint density at radius 1 is 0.490 bits per heavy atom. The van der Waals surface area contributed by atoms with Gasteiger partial charge in [0.25, 0.3) is 0 Å². The van der Waals surface area contributed by atoms with Crippen molar-refractivity contribution in [3.8, 4) is 16.9 Å². The van der Waals surface area contributed by atoms with Crippen molar-refractivity contribution < 1.29 is 23.8 Å². The van der Waals surface area contributed by atoms with E-state index < -0.39 is 12.1 Å². The highest BCUT2D eigenvalue weighted by atomic mass is 16.7. The van der Waals surface area contributed by atoms with Crippen molar-refractivity contribution in [1.82, 2.24) is 0 Å². The molecule has 0 aliphatic rings. The lowest BCUT2D eigenvalue weighted by Crippen LogP contribution is -2.16. The van der Waals surface area contributed by atoms with Crippen LogP contribution in [0.4, 0.5) is 38.9 Å². The summed E-state index contributed by atoms with van der Waals surface area (Å²) in [6.07, 6.45) is -0.878. The summed E-state index contributed by atoms with van der Waals surface area (Å²) in [6.45, 7) is 3.27. The second-order valence-corrected chi connectivity index (χ2v) is 11.3. The Morgan fingerprint density at radius 2 is 0.939 bits per heavy atom. The standard InChI is InChI=1S/C42H36N2O5/c1-31-11-9-16-39(29-31)43(35-12-5-3-6-13-35)37-23-19-33(20-24-37)34-21-25-38(26-22-34)44(36-14-7-4-8-15-36)40-17-10-18-41(30-40)49-42(46)48-28-27-47-32(2)45/h3-26,29-30H,27-28H2,1-2H3. The maximum Gasteiger partial charge on any atom is 0.513 e. The summed E-state index contributed by atoms with van der Waals surface area (Å²) >= 11 is 0. The van der Waals surface area contributed by atoms with Crippen LogP contribution in [0.5, 0.6) is 5.75 Å². The first-order valence-corrected chi connectivity index (χ1v) is 16.0. The summed E-state index contributed by atoms with van der Waals surface area (Å²) in [7, 11) is 0. The van der Waals surface area contributed by atoms with Crippen molar-refractivity contribution in [3.05, 3.63) is 163 Å². The molecule has 0 radical (unpaired) electrons. The van der Waals surface area contributed by atoms with E-state index in [2.05, 4.69) is 114 Å². The Bertz CT molecular complexity index is 2000. The van der Waals surface area contributed by atoms with Crippen molar-refractivity contribution in [1.29, 1.82) is 0 Å². The molecule has 244 valence electrons. The molecule has 6 rings (SSSR count). The monoisotopic (exact) mass is 648 g/mol. The molecule has 7 heteroatoms. The summed E-state index contributed by atoms with van der Waals surface area (Å²) in [5.74, 6) is -0.122. The number of benzene rings is 6. The zero-order valence-electron chi connectivity index (χ0n) is 27.4. The van der Waals surface area contributed by atoms with Crippen LogP contribution < -0.4 is 14.5 Å². The van der Waals surface area contributed by atoms with Gasteiger partial charge in [-0.3, -0.25) is 4.79 Å². The van der Waals surface area contributed by atoms with Gasteiger partial charge in [-0.2, -0.15) is 0 Å². The van der Waals surface area contributed by atoms with E-state index in [4.69, 9.17) is 14.2 Å². The van der Waals surface area contributed by atoms with Gasteiger partial charge in [0.05, 0.1) is 0 Å². The SMILES string of the molecule is CC(=O)OCCOC(=O)Oc1cccc(N(c2ccccc2)c2ccc(-c3ccc(N(c4ccccc4)c4cccc(C)c4)cc3)cc2)c1. The molecule has 0 aromatic heterocycles. The van der Waals surface area contributed by atoms with E-state index in [9.17, 15) is 9.59 Å². The highest BCUT2D eigenvalue weighted by molar-refractivity contribution is 5.81. The minimum absolute atomic E-state index is 0.0358. The maximum atomic E-state index is 12.3. The first kappa shape index (κ1) is 32.6. The minimum atomic E-state index is -0.878. The van der Waals surface area contributed by atoms with Crippen LogP contribution in [0.25, 0.3) is 11.1 Å². The third-order valence-electron chi connectivity index (χ3n) is 7.76. The summed E-state index contributed by atoms with van der Waals surface area (Å²) < 4.78 is 15.3. The summed E-state index contributed by atoms with van der Waals surface area (Å²) in [4.78, 5) is 27.6. The molecular weight excluding hydrogens is 612 g/mol. The number of nitrogens with zero attached hydrogens (tertiary/aromatic N) is 2. The number of ether oxygens (including phenoxy) is 3. The van der Waals surface area contributed by atoms with E-state index >= 15 is 0 Å². The number of carbonyl (C=O) groups excluding carboxylic acids is 2. The van der Waals surface area contributed by atoms with Gasteiger partial charge in [0.2, 0.25) is 0 Å². The molecule has 0 N–H and O–H groups in total. The van der Waals surface area contributed by atoms with Crippen molar-refractivity contribution in [2.75, 3.05) is 23.0 Å². The van der Waals surface area contributed by atoms with Crippen LogP contribution in [0.2, 0.25) is 0 Å². The lowest BCUT2D eigenvalue weighted by atomic mass is 10.0. The number of carbonyl (C=O) groups is 2. The summed E-state index contributed by atoms with van der Waals surface area (Å²) in [5, 5.41) is 0.